The standard InChI is InChI=1S/C30H50O/c1-7-8-22(20(2)3)10-9-21(4)26-13-14-27-25-12-11-23-19-24(31)15-17-29(23,5)28(25)16-18-30(26,27)6/h9-11,20-22,24-28,31H,7-8,12-19H2,1-6H3. The maximum absolute atomic E-state index is 10.3. The van der Waals surface area contributed by atoms with Crippen LogP contribution in [-0.2, 0) is 0 Å². The highest BCUT2D eigenvalue weighted by Gasteiger charge is 2.58. The number of fused-ring (bicyclic) bond motifs is 5. The summed E-state index contributed by atoms with van der Waals surface area (Å²) in [5.41, 5.74) is 2.51. The van der Waals surface area contributed by atoms with E-state index >= 15 is 0 Å². The third-order valence-corrected chi connectivity index (χ3v) is 10.9. The summed E-state index contributed by atoms with van der Waals surface area (Å²) >= 11 is 0. The minimum atomic E-state index is -0.0874. The fourth-order valence-corrected chi connectivity index (χ4v) is 8.98. The van der Waals surface area contributed by atoms with Crippen molar-refractivity contribution in [2.75, 3.05) is 0 Å². The molecule has 0 bridgehead atoms. The van der Waals surface area contributed by atoms with Crippen molar-refractivity contribution in [2.45, 2.75) is 112 Å². The van der Waals surface area contributed by atoms with E-state index in [2.05, 4.69) is 59.8 Å². The molecule has 3 saturated carbocycles. The van der Waals surface area contributed by atoms with Gasteiger partial charge in [-0.3, -0.25) is 0 Å². The zero-order valence-corrected chi connectivity index (χ0v) is 21.4. The Labute approximate surface area is 193 Å². The molecule has 9 unspecified atom stereocenters. The first-order valence-corrected chi connectivity index (χ1v) is 13.8. The van der Waals surface area contributed by atoms with Gasteiger partial charge in [-0.05, 0) is 110 Å². The lowest BCUT2D eigenvalue weighted by molar-refractivity contribution is -0.0540. The number of aliphatic hydroxyl groups excluding tert-OH is 1. The van der Waals surface area contributed by atoms with Crippen LogP contribution in [0.2, 0.25) is 0 Å². The zero-order valence-electron chi connectivity index (χ0n) is 21.4. The van der Waals surface area contributed by atoms with Gasteiger partial charge in [-0.15, -0.1) is 0 Å². The van der Waals surface area contributed by atoms with Gasteiger partial charge in [-0.25, -0.2) is 0 Å². The summed E-state index contributed by atoms with van der Waals surface area (Å²) in [6, 6.07) is 0. The maximum Gasteiger partial charge on any atom is 0.0577 e. The first-order chi connectivity index (χ1) is 14.7. The van der Waals surface area contributed by atoms with Gasteiger partial charge in [-0.2, -0.15) is 0 Å². The monoisotopic (exact) mass is 426 g/mol. The molecule has 4 aliphatic rings. The lowest BCUT2D eigenvalue weighted by Gasteiger charge is -2.58. The fourth-order valence-electron chi connectivity index (χ4n) is 8.98. The highest BCUT2D eigenvalue weighted by atomic mass is 16.3. The van der Waals surface area contributed by atoms with Crippen LogP contribution in [-0.4, -0.2) is 11.2 Å². The van der Waals surface area contributed by atoms with Crippen molar-refractivity contribution in [3.8, 4) is 0 Å². The molecule has 31 heavy (non-hydrogen) atoms. The fraction of sp³-hybridized carbons (Fsp3) is 0.867. The molecule has 176 valence electrons. The van der Waals surface area contributed by atoms with Gasteiger partial charge >= 0.3 is 0 Å². The van der Waals surface area contributed by atoms with Crippen LogP contribution < -0.4 is 0 Å². The molecule has 4 aliphatic carbocycles. The minimum Gasteiger partial charge on any atom is -0.393 e. The van der Waals surface area contributed by atoms with Gasteiger partial charge in [0, 0.05) is 0 Å². The quantitative estimate of drug-likeness (QED) is 0.424. The van der Waals surface area contributed by atoms with E-state index < -0.39 is 0 Å². The number of aliphatic hydroxyl groups is 1. The second kappa shape index (κ2) is 9.00. The summed E-state index contributed by atoms with van der Waals surface area (Å²) < 4.78 is 0. The Morgan fingerprint density at radius 1 is 1.03 bits per heavy atom. The van der Waals surface area contributed by atoms with Crippen LogP contribution in [0.15, 0.2) is 23.8 Å². The average Bonchev–Trinajstić information content (AvgIpc) is 3.08. The van der Waals surface area contributed by atoms with Crippen LogP contribution in [0.1, 0.15) is 106 Å². The molecule has 0 amide bonds. The van der Waals surface area contributed by atoms with E-state index in [1.807, 2.05) is 0 Å². The Morgan fingerprint density at radius 2 is 1.81 bits per heavy atom. The van der Waals surface area contributed by atoms with Crippen LogP contribution in [0.5, 0.6) is 0 Å². The molecule has 0 aliphatic heterocycles. The van der Waals surface area contributed by atoms with E-state index in [4.69, 9.17) is 0 Å². The van der Waals surface area contributed by atoms with E-state index in [-0.39, 0.29) is 6.10 Å². The van der Waals surface area contributed by atoms with E-state index in [1.54, 1.807) is 5.57 Å². The highest BCUT2D eigenvalue weighted by molar-refractivity contribution is 5.25. The number of allylic oxidation sites excluding steroid dienone is 3. The van der Waals surface area contributed by atoms with Gasteiger partial charge in [0.05, 0.1) is 6.10 Å². The van der Waals surface area contributed by atoms with Crippen LogP contribution in [0.3, 0.4) is 0 Å². The number of hydrogen-bond donors (Lipinski definition) is 1. The van der Waals surface area contributed by atoms with Gasteiger partial charge in [0.15, 0.2) is 0 Å². The molecule has 9 atom stereocenters. The van der Waals surface area contributed by atoms with Crippen molar-refractivity contribution >= 4 is 0 Å². The lowest BCUT2D eigenvalue weighted by Crippen LogP contribution is -2.50. The Hall–Kier alpha value is -0.560. The SMILES string of the molecule is CCCC(C=CC(C)C1CCC2C3CC=C4CC(O)CCC4(C)C3CCC12C)C(C)C. The largest absolute Gasteiger partial charge is 0.393 e. The summed E-state index contributed by atoms with van der Waals surface area (Å²) in [4.78, 5) is 0. The molecule has 1 N–H and O–H groups in total. The Bertz CT molecular complexity index is 689. The molecular formula is C30H50O. The molecule has 0 saturated heterocycles. The highest BCUT2D eigenvalue weighted by Crippen LogP contribution is 2.67. The second-order valence-corrected chi connectivity index (χ2v) is 12.8. The third kappa shape index (κ3) is 4.11. The molecule has 0 aromatic carbocycles. The number of hydrogen-bond acceptors (Lipinski definition) is 1. The summed E-state index contributed by atoms with van der Waals surface area (Å²) in [6.07, 6.45) is 20.5. The topological polar surface area (TPSA) is 20.2 Å². The van der Waals surface area contributed by atoms with E-state index in [1.165, 1.54) is 51.4 Å². The van der Waals surface area contributed by atoms with Gasteiger partial charge < -0.3 is 5.11 Å². The average molecular weight is 427 g/mol. The Balaban J connectivity index is 1.50. The van der Waals surface area contributed by atoms with Crippen molar-refractivity contribution in [2.24, 2.45) is 52.3 Å². The van der Waals surface area contributed by atoms with Gasteiger partial charge in [0.1, 0.15) is 0 Å². The predicted molar refractivity (Wildman–Crippen MR) is 133 cm³/mol. The Kier molecular flexibility index (Phi) is 6.85. The minimum absolute atomic E-state index is 0.0874. The number of rotatable bonds is 6. The molecule has 0 radical (unpaired) electrons. The molecule has 4 rings (SSSR count). The molecule has 0 spiro atoms. The summed E-state index contributed by atoms with van der Waals surface area (Å²) in [6.45, 7) is 14.9. The third-order valence-electron chi connectivity index (χ3n) is 10.9. The smallest absolute Gasteiger partial charge is 0.0577 e. The molecule has 0 heterocycles. The normalized spacial score (nSPS) is 44.5. The molecule has 1 heteroatoms. The van der Waals surface area contributed by atoms with Crippen molar-refractivity contribution in [3.05, 3.63) is 23.8 Å². The molecule has 0 aromatic rings. The van der Waals surface area contributed by atoms with E-state index in [0.29, 0.717) is 16.7 Å². The van der Waals surface area contributed by atoms with Gasteiger partial charge in [0.2, 0.25) is 0 Å². The van der Waals surface area contributed by atoms with Gasteiger partial charge in [-0.1, -0.05) is 71.8 Å². The maximum atomic E-state index is 10.3. The van der Waals surface area contributed by atoms with Gasteiger partial charge in [0.25, 0.3) is 0 Å². The van der Waals surface area contributed by atoms with Crippen molar-refractivity contribution < 1.29 is 5.11 Å². The molecular weight excluding hydrogens is 376 g/mol. The first kappa shape index (κ1) is 23.6. The first-order valence-electron chi connectivity index (χ1n) is 13.8. The van der Waals surface area contributed by atoms with E-state index in [9.17, 15) is 5.11 Å². The van der Waals surface area contributed by atoms with Crippen LogP contribution in [0.25, 0.3) is 0 Å². The summed E-state index contributed by atoms with van der Waals surface area (Å²) in [5, 5.41) is 10.3. The van der Waals surface area contributed by atoms with Crippen molar-refractivity contribution in [3.63, 3.8) is 0 Å². The van der Waals surface area contributed by atoms with Crippen LogP contribution in [0, 0.1) is 52.3 Å². The second-order valence-electron chi connectivity index (χ2n) is 12.8. The molecule has 0 aromatic heterocycles. The predicted octanol–water partition coefficient (Wildman–Crippen LogP) is 8.19. The lowest BCUT2D eigenvalue weighted by atomic mass is 9.47. The van der Waals surface area contributed by atoms with Crippen LogP contribution >= 0.6 is 0 Å². The zero-order chi connectivity index (χ0) is 22.4. The van der Waals surface area contributed by atoms with E-state index in [0.717, 1.165) is 48.3 Å². The van der Waals surface area contributed by atoms with Crippen molar-refractivity contribution in [1.82, 2.24) is 0 Å². The molecule has 3 fully saturated rings. The summed E-state index contributed by atoms with van der Waals surface area (Å²) in [5.74, 6) is 5.71. The van der Waals surface area contributed by atoms with Crippen LogP contribution in [0.4, 0.5) is 0 Å². The van der Waals surface area contributed by atoms with Crippen molar-refractivity contribution in [1.29, 1.82) is 0 Å². The Morgan fingerprint density at radius 3 is 2.52 bits per heavy atom. The summed E-state index contributed by atoms with van der Waals surface area (Å²) in [7, 11) is 0. The molecule has 1 nitrogen and oxygen atoms in total.